The quantitative estimate of drug-likeness (QED) is 0.921. The highest BCUT2D eigenvalue weighted by Crippen LogP contribution is 2.24. The van der Waals surface area contributed by atoms with E-state index in [4.69, 9.17) is 4.74 Å². The van der Waals surface area contributed by atoms with E-state index in [1.54, 1.807) is 0 Å². The number of likely N-dealkylation sites (N-methyl/N-ethyl adjacent to an activating group) is 1. The fraction of sp³-hybridized carbons (Fsp3) is 0.571. The van der Waals surface area contributed by atoms with Crippen LogP contribution < -0.4 is 5.32 Å². The molecule has 0 amide bonds. The topological polar surface area (TPSA) is 21.3 Å². The summed E-state index contributed by atoms with van der Waals surface area (Å²) in [6, 6.07) is 5.28. The molecular formula is C14H19BrFNO. The van der Waals surface area contributed by atoms with Crippen molar-refractivity contribution in [2.45, 2.75) is 25.3 Å². The van der Waals surface area contributed by atoms with Gasteiger partial charge in [0.1, 0.15) is 5.82 Å². The second-order valence-electron chi connectivity index (χ2n) is 4.81. The summed E-state index contributed by atoms with van der Waals surface area (Å²) in [7, 11) is 1.98. The molecule has 1 fully saturated rings. The molecule has 1 heterocycles. The van der Waals surface area contributed by atoms with E-state index < -0.39 is 0 Å². The van der Waals surface area contributed by atoms with Gasteiger partial charge in [0, 0.05) is 17.1 Å². The molecule has 0 radical (unpaired) electrons. The Bertz CT molecular complexity index is 393. The van der Waals surface area contributed by atoms with Crippen LogP contribution in [0.25, 0.3) is 0 Å². The van der Waals surface area contributed by atoms with Gasteiger partial charge in [-0.05, 0) is 49.9 Å². The monoisotopic (exact) mass is 315 g/mol. The molecule has 18 heavy (non-hydrogen) atoms. The third-order valence-corrected chi connectivity index (χ3v) is 4.33. The van der Waals surface area contributed by atoms with Crippen LogP contribution in [0.1, 0.15) is 18.4 Å². The Morgan fingerprint density at radius 3 is 3.00 bits per heavy atom. The van der Waals surface area contributed by atoms with Gasteiger partial charge in [-0.3, -0.25) is 0 Å². The molecule has 1 aromatic rings. The number of nitrogens with one attached hydrogen (secondary N) is 1. The SMILES string of the molecule is CNC(Cc1ccc(F)cc1Br)C1CCCOC1. The number of halogens is 2. The Kier molecular flexibility index (Phi) is 5.15. The Morgan fingerprint density at radius 1 is 1.56 bits per heavy atom. The predicted octanol–water partition coefficient (Wildman–Crippen LogP) is 3.15. The maximum atomic E-state index is 13.1. The summed E-state index contributed by atoms with van der Waals surface area (Å²) in [5, 5.41) is 3.37. The van der Waals surface area contributed by atoms with Gasteiger partial charge in [-0.25, -0.2) is 4.39 Å². The highest BCUT2D eigenvalue weighted by atomic mass is 79.9. The third kappa shape index (κ3) is 3.53. The van der Waals surface area contributed by atoms with E-state index in [1.165, 1.54) is 18.6 Å². The van der Waals surface area contributed by atoms with E-state index in [2.05, 4.69) is 21.2 Å². The summed E-state index contributed by atoms with van der Waals surface area (Å²) in [6.07, 6.45) is 3.23. The van der Waals surface area contributed by atoms with Gasteiger partial charge in [0.2, 0.25) is 0 Å². The minimum atomic E-state index is -0.201. The van der Waals surface area contributed by atoms with Crippen molar-refractivity contribution in [3.63, 3.8) is 0 Å². The smallest absolute Gasteiger partial charge is 0.124 e. The van der Waals surface area contributed by atoms with Gasteiger partial charge < -0.3 is 10.1 Å². The van der Waals surface area contributed by atoms with E-state index in [9.17, 15) is 4.39 Å². The van der Waals surface area contributed by atoms with E-state index in [0.717, 1.165) is 36.1 Å². The molecule has 1 aliphatic rings. The first-order chi connectivity index (χ1) is 8.70. The highest BCUT2D eigenvalue weighted by Gasteiger charge is 2.23. The van der Waals surface area contributed by atoms with Crippen LogP contribution in [0.2, 0.25) is 0 Å². The summed E-state index contributed by atoms with van der Waals surface area (Å²) in [4.78, 5) is 0. The molecule has 1 saturated heterocycles. The molecule has 0 bridgehead atoms. The van der Waals surface area contributed by atoms with E-state index >= 15 is 0 Å². The molecule has 0 aliphatic carbocycles. The summed E-state index contributed by atoms with van der Waals surface area (Å²) in [5.41, 5.74) is 1.14. The van der Waals surface area contributed by atoms with E-state index in [-0.39, 0.29) is 5.82 Å². The van der Waals surface area contributed by atoms with Crippen molar-refractivity contribution >= 4 is 15.9 Å². The van der Waals surface area contributed by atoms with Crippen LogP contribution in [0, 0.1) is 11.7 Å². The minimum Gasteiger partial charge on any atom is -0.381 e. The maximum absolute atomic E-state index is 13.1. The van der Waals surface area contributed by atoms with Gasteiger partial charge in [0.25, 0.3) is 0 Å². The van der Waals surface area contributed by atoms with E-state index in [0.29, 0.717) is 12.0 Å². The molecule has 0 spiro atoms. The van der Waals surface area contributed by atoms with Crippen molar-refractivity contribution in [3.05, 3.63) is 34.1 Å². The highest BCUT2D eigenvalue weighted by molar-refractivity contribution is 9.10. The Hall–Kier alpha value is -0.450. The number of ether oxygens (including phenoxy) is 1. The molecule has 2 atom stereocenters. The Balaban J connectivity index is 2.04. The molecule has 1 aromatic carbocycles. The molecule has 2 nitrogen and oxygen atoms in total. The van der Waals surface area contributed by atoms with Crippen molar-refractivity contribution in [1.82, 2.24) is 5.32 Å². The fourth-order valence-corrected chi connectivity index (χ4v) is 3.02. The molecule has 0 aromatic heterocycles. The number of hydrogen-bond acceptors (Lipinski definition) is 2. The first-order valence-electron chi connectivity index (χ1n) is 6.39. The lowest BCUT2D eigenvalue weighted by Crippen LogP contribution is -2.39. The largest absolute Gasteiger partial charge is 0.381 e. The molecule has 100 valence electrons. The van der Waals surface area contributed by atoms with Crippen molar-refractivity contribution < 1.29 is 9.13 Å². The van der Waals surface area contributed by atoms with Gasteiger partial charge >= 0.3 is 0 Å². The first kappa shape index (κ1) is 14.0. The van der Waals surface area contributed by atoms with Crippen LogP contribution in [-0.4, -0.2) is 26.3 Å². The van der Waals surface area contributed by atoms with E-state index in [1.807, 2.05) is 13.1 Å². The average molecular weight is 316 g/mol. The Morgan fingerprint density at radius 2 is 2.39 bits per heavy atom. The second kappa shape index (κ2) is 6.64. The Labute approximate surface area is 116 Å². The van der Waals surface area contributed by atoms with Crippen molar-refractivity contribution in [3.8, 4) is 0 Å². The predicted molar refractivity (Wildman–Crippen MR) is 74.2 cm³/mol. The van der Waals surface area contributed by atoms with Gasteiger partial charge in [-0.2, -0.15) is 0 Å². The molecule has 2 unspecified atom stereocenters. The number of hydrogen-bond donors (Lipinski definition) is 1. The van der Waals surface area contributed by atoms with Crippen molar-refractivity contribution in [2.75, 3.05) is 20.3 Å². The van der Waals surface area contributed by atoms with Crippen LogP contribution in [0.3, 0.4) is 0 Å². The average Bonchev–Trinajstić information content (AvgIpc) is 2.39. The van der Waals surface area contributed by atoms with Crippen LogP contribution in [0.4, 0.5) is 4.39 Å². The summed E-state index contributed by atoms with van der Waals surface area (Å²) < 4.78 is 19.4. The van der Waals surface area contributed by atoms with Gasteiger partial charge in [-0.1, -0.05) is 22.0 Å². The zero-order chi connectivity index (χ0) is 13.0. The summed E-state index contributed by atoms with van der Waals surface area (Å²) >= 11 is 3.43. The standard InChI is InChI=1S/C14H19BrFNO/c1-17-14(11-3-2-6-18-9-11)7-10-4-5-12(16)8-13(10)15/h4-5,8,11,14,17H,2-3,6-7,9H2,1H3. The molecule has 4 heteroatoms. The number of benzene rings is 1. The zero-order valence-corrected chi connectivity index (χ0v) is 12.2. The van der Waals surface area contributed by atoms with Crippen LogP contribution in [0.15, 0.2) is 22.7 Å². The lowest BCUT2D eigenvalue weighted by atomic mass is 9.89. The molecule has 1 aliphatic heterocycles. The van der Waals surface area contributed by atoms with Gasteiger partial charge in [-0.15, -0.1) is 0 Å². The summed E-state index contributed by atoms with van der Waals surface area (Å²) in [6.45, 7) is 1.71. The fourth-order valence-electron chi connectivity index (χ4n) is 2.51. The number of rotatable bonds is 4. The molecular weight excluding hydrogens is 297 g/mol. The van der Waals surface area contributed by atoms with Crippen LogP contribution in [0.5, 0.6) is 0 Å². The minimum absolute atomic E-state index is 0.201. The first-order valence-corrected chi connectivity index (χ1v) is 7.19. The molecule has 0 saturated carbocycles. The third-order valence-electron chi connectivity index (χ3n) is 3.59. The van der Waals surface area contributed by atoms with Gasteiger partial charge in [0.05, 0.1) is 6.61 Å². The molecule has 2 rings (SSSR count). The van der Waals surface area contributed by atoms with Crippen LogP contribution in [-0.2, 0) is 11.2 Å². The van der Waals surface area contributed by atoms with Crippen molar-refractivity contribution in [1.29, 1.82) is 0 Å². The van der Waals surface area contributed by atoms with Crippen LogP contribution >= 0.6 is 15.9 Å². The second-order valence-corrected chi connectivity index (χ2v) is 5.67. The lowest BCUT2D eigenvalue weighted by Gasteiger charge is -2.30. The summed E-state index contributed by atoms with van der Waals surface area (Å²) in [5.74, 6) is 0.341. The zero-order valence-electron chi connectivity index (χ0n) is 10.6. The maximum Gasteiger partial charge on any atom is 0.124 e. The van der Waals surface area contributed by atoms with Gasteiger partial charge in [0.15, 0.2) is 0 Å². The normalized spacial score (nSPS) is 21.8. The lowest BCUT2D eigenvalue weighted by molar-refractivity contribution is 0.0404. The van der Waals surface area contributed by atoms with Crippen molar-refractivity contribution in [2.24, 2.45) is 5.92 Å². The molecule has 1 N–H and O–H groups in total.